The Morgan fingerprint density at radius 1 is 0.700 bits per heavy atom. The number of ether oxygens (including phenoxy) is 2. The van der Waals surface area contributed by atoms with Gasteiger partial charge < -0.3 is 9.47 Å². The van der Waals surface area contributed by atoms with Crippen molar-refractivity contribution in [2.75, 3.05) is 26.6 Å². The predicted molar refractivity (Wildman–Crippen MR) is 120 cm³/mol. The summed E-state index contributed by atoms with van der Waals surface area (Å²) >= 11 is 0. The fraction of sp³-hybridized carbons (Fsp3) is 0.615. The first-order valence-electron chi connectivity index (χ1n) is 12.1. The minimum absolute atomic E-state index is 0.726. The second kappa shape index (κ2) is 8.05. The van der Waals surface area contributed by atoms with Crippen molar-refractivity contribution < 1.29 is 9.47 Å². The lowest BCUT2D eigenvalue weighted by Gasteiger charge is -2.33. The van der Waals surface area contributed by atoms with E-state index in [1.165, 1.54) is 86.4 Å². The van der Waals surface area contributed by atoms with Crippen molar-refractivity contribution in [2.24, 2.45) is 11.8 Å². The Labute approximate surface area is 180 Å². The Morgan fingerprint density at radius 3 is 2.07 bits per heavy atom. The van der Waals surface area contributed by atoms with Crippen LogP contribution in [-0.4, -0.2) is 36.4 Å². The Bertz CT molecular complexity index is 915. The zero-order valence-corrected chi connectivity index (χ0v) is 18.1. The minimum atomic E-state index is 0.726. The van der Waals surface area contributed by atoms with Crippen LogP contribution in [0.4, 0.5) is 0 Å². The van der Waals surface area contributed by atoms with E-state index < -0.39 is 0 Å². The molecule has 2 aliphatic heterocycles. The molecule has 2 aromatic carbocycles. The Hall–Kier alpha value is -1.78. The maximum atomic E-state index is 6.36. The van der Waals surface area contributed by atoms with E-state index in [0.29, 0.717) is 0 Å². The number of rotatable bonds is 4. The van der Waals surface area contributed by atoms with Gasteiger partial charge in [-0.05, 0) is 55.0 Å². The third kappa shape index (κ3) is 3.58. The van der Waals surface area contributed by atoms with Gasteiger partial charge in [0.1, 0.15) is 25.0 Å². The van der Waals surface area contributed by atoms with Gasteiger partial charge in [-0.3, -0.25) is 9.80 Å². The van der Waals surface area contributed by atoms with Crippen LogP contribution in [0.3, 0.4) is 0 Å². The van der Waals surface area contributed by atoms with E-state index in [9.17, 15) is 0 Å². The molecule has 0 aromatic heterocycles. The van der Waals surface area contributed by atoms with Gasteiger partial charge in [0.25, 0.3) is 0 Å². The van der Waals surface area contributed by atoms with Gasteiger partial charge in [0.15, 0.2) is 0 Å². The largest absolute Gasteiger partial charge is 0.478 e. The fourth-order valence-electron chi connectivity index (χ4n) is 6.28. The molecule has 0 saturated heterocycles. The Kier molecular flexibility index (Phi) is 5.08. The van der Waals surface area contributed by atoms with E-state index >= 15 is 0 Å². The summed E-state index contributed by atoms with van der Waals surface area (Å²) in [6, 6.07) is 9.00. The van der Waals surface area contributed by atoms with Gasteiger partial charge in [0, 0.05) is 42.7 Å². The minimum Gasteiger partial charge on any atom is -0.478 e. The molecule has 2 aliphatic carbocycles. The maximum absolute atomic E-state index is 6.36. The number of benzene rings is 2. The first kappa shape index (κ1) is 18.9. The molecule has 30 heavy (non-hydrogen) atoms. The lowest BCUT2D eigenvalue weighted by molar-refractivity contribution is 0.0804. The molecule has 0 unspecified atom stereocenters. The molecule has 160 valence electrons. The van der Waals surface area contributed by atoms with Crippen molar-refractivity contribution in [2.45, 2.75) is 64.5 Å². The molecular formula is C26H34N2O2. The lowest BCUT2D eigenvalue weighted by Crippen LogP contribution is -2.36. The summed E-state index contributed by atoms with van der Waals surface area (Å²) in [6.45, 7) is 5.83. The molecule has 2 fully saturated rings. The highest BCUT2D eigenvalue weighted by Gasteiger charge is 2.27. The summed E-state index contributed by atoms with van der Waals surface area (Å²) in [5.41, 5.74) is 2.68. The monoisotopic (exact) mass is 406 g/mol. The molecule has 0 amide bonds. The molecule has 0 atom stereocenters. The second-order valence-electron chi connectivity index (χ2n) is 10.1. The van der Waals surface area contributed by atoms with Crippen LogP contribution < -0.4 is 9.47 Å². The summed E-state index contributed by atoms with van der Waals surface area (Å²) in [5.74, 6) is 3.88. The second-order valence-corrected chi connectivity index (χ2v) is 10.1. The van der Waals surface area contributed by atoms with E-state index in [0.717, 1.165) is 49.9 Å². The average Bonchev–Trinajstić information content (AvgIpc) is 3.47. The SMILES string of the molecule is c1cc2c3c(ccc2c2c1CN(CC1CCCC1)CO2)OCN(CC1CCCC1)C3. The Balaban J connectivity index is 1.24. The molecule has 2 saturated carbocycles. The van der Waals surface area contributed by atoms with E-state index in [1.54, 1.807) is 0 Å². The zero-order valence-electron chi connectivity index (χ0n) is 18.1. The molecule has 0 bridgehead atoms. The van der Waals surface area contributed by atoms with Gasteiger partial charge in [-0.1, -0.05) is 37.8 Å². The van der Waals surface area contributed by atoms with E-state index in [1.807, 2.05) is 0 Å². The quantitative estimate of drug-likeness (QED) is 0.667. The molecule has 4 nitrogen and oxygen atoms in total. The first-order valence-corrected chi connectivity index (χ1v) is 12.1. The van der Waals surface area contributed by atoms with Crippen LogP contribution in [0.25, 0.3) is 10.8 Å². The number of fused-ring (bicyclic) bond motifs is 5. The summed E-state index contributed by atoms with van der Waals surface area (Å²) in [4.78, 5) is 5.00. The first-order chi connectivity index (χ1) is 14.8. The van der Waals surface area contributed by atoms with Gasteiger partial charge in [-0.15, -0.1) is 0 Å². The molecule has 4 aliphatic rings. The van der Waals surface area contributed by atoms with Crippen LogP contribution in [0.2, 0.25) is 0 Å². The predicted octanol–water partition coefficient (Wildman–Crippen LogP) is 5.52. The Morgan fingerprint density at radius 2 is 1.33 bits per heavy atom. The van der Waals surface area contributed by atoms with Gasteiger partial charge in [-0.2, -0.15) is 0 Å². The number of hydrogen-bond donors (Lipinski definition) is 0. The van der Waals surface area contributed by atoms with Crippen LogP contribution in [0.1, 0.15) is 62.5 Å². The van der Waals surface area contributed by atoms with Crippen molar-refractivity contribution in [1.82, 2.24) is 9.80 Å². The highest BCUT2D eigenvalue weighted by molar-refractivity contribution is 5.94. The van der Waals surface area contributed by atoms with Crippen LogP contribution in [0.15, 0.2) is 24.3 Å². The van der Waals surface area contributed by atoms with Crippen LogP contribution in [0, 0.1) is 11.8 Å². The third-order valence-electron chi connectivity index (χ3n) is 7.85. The van der Waals surface area contributed by atoms with Gasteiger partial charge in [0.05, 0.1) is 0 Å². The molecule has 0 radical (unpaired) electrons. The van der Waals surface area contributed by atoms with Crippen molar-refractivity contribution in [3.05, 3.63) is 35.4 Å². The molecule has 0 N–H and O–H groups in total. The van der Waals surface area contributed by atoms with Crippen molar-refractivity contribution >= 4 is 10.8 Å². The van der Waals surface area contributed by atoms with Gasteiger partial charge in [-0.25, -0.2) is 0 Å². The van der Waals surface area contributed by atoms with Crippen LogP contribution in [0.5, 0.6) is 11.5 Å². The fourth-order valence-corrected chi connectivity index (χ4v) is 6.28. The molecule has 4 heteroatoms. The average molecular weight is 407 g/mol. The number of hydrogen-bond acceptors (Lipinski definition) is 4. The third-order valence-corrected chi connectivity index (χ3v) is 7.85. The highest BCUT2D eigenvalue weighted by Crippen LogP contribution is 2.40. The van der Waals surface area contributed by atoms with Crippen molar-refractivity contribution in [3.63, 3.8) is 0 Å². The smallest absolute Gasteiger partial charge is 0.142 e. The molecule has 0 spiro atoms. The van der Waals surface area contributed by atoms with Crippen LogP contribution >= 0.6 is 0 Å². The highest BCUT2D eigenvalue weighted by atomic mass is 16.5. The zero-order chi connectivity index (χ0) is 19.9. The van der Waals surface area contributed by atoms with Crippen molar-refractivity contribution in [3.8, 4) is 11.5 Å². The van der Waals surface area contributed by atoms with Crippen LogP contribution in [-0.2, 0) is 13.1 Å². The summed E-state index contributed by atoms with van der Waals surface area (Å²) < 4.78 is 12.5. The topological polar surface area (TPSA) is 24.9 Å². The maximum Gasteiger partial charge on any atom is 0.142 e. The summed E-state index contributed by atoms with van der Waals surface area (Å²) in [5, 5.41) is 2.57. The molecule has 2 heterocycles. The number of nitrogens with zero attached hydrogens (tertiary/aromatic N) is 2. The van der Waals surface area contributed by atoms with Crippen molar-refractivity contribution in [1.29, 1.82) is 0 Å². The molecule has 2 aromatic rings. The molecule has 6 rings (SSSR count). The van der Waals surface area contributed by atoms with Gasteiger partial charge >= 0.3 is 0 Å². The lowest BCUT2D eigenvalue weighted by atomic mass is 9.97. The molecular weight excluding hydrogens is 372 g/mol. The van der Waals surface area contributed by atoms with E-state index in [2.05, 4.69) is 34.1 Å². The standard InChI is InChI=1S/C26H34N2O2/c1-2-6-19(5-1)13-27-15-21-9-10-22-23(26(21)30-18-27)11-12-25-24(22)16-28(17-29-25)14-20-7-3-4-8-20/h9-12,19-20H,1-8,13-18H2. The van der Waals surface area contributed by atoms with E-state index in [4.69, 9.17) is 9.47 Å². The normalized spacial score (nSPS) is 23.3. The van der Waals surface area contributed by atoms with Gasteiger partial charge in [0.2, 0.25) is 0 Å². The van der Waals surface area contributed by atoms with E-state index in [-0.39, 0.29) is 0 Å². The summed E-state index contributed by atoms with van der Waals surface area (Å²) in [6.07, 6.45) is 11.2. The summed E-state index contributed by atoms with van der Waals surface area (Å²) in [7, 11) is 0.